The largest absolute Gasteiger partial charge is 0.460 e. The van der Waals surface area contributed by atoms with Crippen molar-refractivity contribution >= 4 is 16.9 Å². The van der Waals surface area contributed by atoms with Crippen LogP contribution in [0.1, 0.15) is 36.2 Å². The number of aromatic nitrogens is 4. The zero-order valence-corrected chi connectivity index (χ0v) is 14.5. The van der Waals surface area contributed by atoms with Crippen molar-refractivity contribution in [1.82, 2.24) is 25.3 Å². The first-order valence-corrected chi connectivity index (χ1v) is 8.84. The van der Waals surface area contributed by atoms with Crippen molar-refractivity contribution in [2.24, 2.45) is 0 Å². The van der Waals surface area contributed by atoms with Crippen LogP contribution in [-0.4, -0.2) is 38.0 Å². The van der Waals surface area contributed by atoms with Gasteiger partial charge in [0.05, 0.1) is 29.6 Å². The van der Waals surface area contributed by atoms with Gasteiger partial charge in [-0.2, -0.15) is 0 Å². The van der Waals surface area contributed by atoms with Crippen molar-refractivity contribution in [3.05, 3.63) is 54.4 Å². The lowest BCUT2D eigenvalue weighted by Gasteiger charge is -2.28. The minimum atomic E-state index is -0.495. The first-order valence-electron chi connectivity index (χ1n) is 8.84. The molecule has 0 aliphatic heterocycles. The highest BCUT2D eigenvalue weighted by molar-refractivity contribution is 5.93. The Bertz CT molecular complexity index is 942. The summed E-state index contributed by atoms with van der Waals surface area (Å²) in [6.45, 7) is 0. The Balaban J connectivity index is 1.31. The van der Waals surface area contributed by atoms with Crippen LogP contribution in [0.5, 0.6) is 6.01 Å². The normalized spacial score (nSPS) is 19.6. The highest BCUT2D eigenvalue weighted by atomic mass is 19.1. The second-order valence-electron chi connectivity index (χ2n) is 6.49. The number of rotatable bonds is 4. The standard InChI is InChI=1S/C19H18FN5O2/c20-12-9-22-19(23-10-12)27-14-7-5-13(6-8-14)24-18(26)17-11-21-15-3-1-2-4-16(15)25-17/h1-4,9-11,13-14H,5-8H2,(H,24,26). The second kappa shape index (κ2) is 7.61. The van der Waals surface area contributed by atoms with Crippen molar-refractivity contribution in [3.63, 3.8) is 0 Å². The van der Waals surface area contributed by atoms with Crippen LogP contribution in [0.25, 0.3) is 11.0 Å². The molecule has 8 heteroatoms. The molecule has 0 saturated heterocycles. The third kappa shape index (κ3) is 4.16. The van der Waals surface area contributed by atoms with Gasteiger partial charge in [-0.3, -0.25) is 9.78 Å². The Morgan fingerprint density at radius 1 is 1.00 bits per heavy atom. The highest BCUT2D eigenvalue weighted by Crippen LogP contribution is 2.22. The lowest BCUT2D eigenvalue weighted by molar-refractivity contribution is 0.0880. The van der Waals surface area contributed by atoms with Crippen LogP contribution in [-0.2, 0) is 0 Å². The molecule has 138 valence electrons. The van der Waals surface area contributed by atoms with E-state index in [-0.39, 0.29) is 24.1 Å². The molecule has 0 radical (unpaired) electrons. The van der Waals surface area contributed by atoms with E-state index in [2.05, 4.69) is 25.3 Å². The molecule has 1 aliphatic carbocycles. The summed E-state index contributed by atoms with van der Waals surface area (Å²) in [6.07, 6.45) is 6.70. The van der Waals surface area contributed by atoms with E-state index in [1.54, 1.807) is 0 Å². The van der Waals surface area contributed by atoms with Gasteiger partial charge in [-0.05, 0) is 37.8 Å². The highest BCUT2D eigenvalue weighted by Gasteiger charge is 2.25. The fourth-order valence-electron chi connectivity index (χ4n) is 3.16. The molecule has 3 aromatic rings. The minimum absolute atomic E-state index is 0.0379. The number of hydrogen-bond donors (Lipinski definition) is 1. The molecular weight excluding hydrogens is 349 g/mol. The number of hydrogen-bond acceptors (Lipinski definition) is 6. The molecule has 0 unspecified atom stereocenters. The molecule has 1 aromatic carbocycles. The predicted octanol–water partition coefficient (Wildman–Crippen LogP) is 2.68. The summed E-state index contributed by atoms with van der Waals surface area (Å²) < 4.78 is 18.5. The Kier molecular flexibility index (Phi) is 4.86. The molecule has 1 amide bonds. The van der Waals surface area contributed by atoms with Crippen LogP contribution in [0.4, 0.5) is 4.39 Å². The molecular formula is C19H18FN5O2. The van der Waals surface area contributed by atoms with Crippen molar-refractivity contribution in [1.29, 1.82) is 0 Å². The Hall–Kier alpha value is -3.16. The van der Waals surface area contributed by atoms with Gasteiger partial charge in [-0.25, -0.2) is 19.3 Å². The predicted molar refractivity (Wildman–Crippen MR) is 95.7 cm³/mol. The number of amides is 1. The second-order valence-corrected chi connectivity index (χ2v) is 6.49. The average Bonchev–Trinajstić information content (AvgIpc) is 2.71. The monoisotopic (exact) mass is 367 g/mol. The van der Waals surface area contributed by atoms with Crippen molar-refractivity contribution in [2.75, 3.05) is 0 Å². The molecule has 4 rings (SSSR count). The van der Waals surface area contributed by atoms with Crippen LogP contribution in [0.15, 0.2) is 42.9 Å². The lowest BCUT2D eigenvalue weighted by atomic mass is 9.93. The molecule has 1 N–H and O–H groups in total. The van der Waals surface area contributed by atoms with Crippen LogP contribution in [0, 0.1) is 5.82 Å². The molecule has 1 saturated carbocycles. The van der Waals surface area contributed by atoms with Gasteiger partial charge >= 0.3 is 6.01 Å². The number of benzene rings is 1. The maximum absolute atomic E-state index is 12.8. The van der Waals surface area contributed by atoms with Crippen molar-refractivity contribution in [3.8, 4) is 6.01 Å². The Morgan fingerprint density at radius 2 is 1.70 bits per heavy atom. The molecule has 0 bridgehead atoms. The summed E-state index contributed by atoms with van der Waals surface area (Å²) in [7, 11) is 0. The zero-order chi connectivity index (χ0) is 18.6. The van der Waals surface area contributed by atoms with Crippen LogP contribution in [0.3, 0.4) is 0 Å². The van der Waals surface area contributed by atoms with E-state index < -0.39 is 5.82 Å². The number of nitrogens with zero attached hydrogens (tertiary/aromatic N) is 4. The topological polar surface area (TPSA) is 89.9 Å². The summed E-state index contributed by atoms with van der Waals surface area (Å²) in [5, 5.41) is 3.01. The quantitative estimate of drug-likeness (QED) is 0.762. The molecule has 7 nitrogen and oxygen atoms in total. The Labute approximate surface area is 155 Å². The SMILES string of the molecule is O=C(NC1CCC(Oc2ncc(F)cn2)CC1)c1cnc2ccccc2n1. The lowest BCUT2D eigenvalue weighted by Crippen LogP contribution is -2.40. The zero-order valence-electron chi connectivity index (χ0n) is 14.5. The van der Waals surface area contributed by atoms with Gasteiger partial charge in [0.1, 0.15) is 11.8 Å². The van der Waals surface area contributed by atoms with Gasteiger partial charge in [0, 0.05) is 6.04 Å². The molecule has 27 heavy (non-hydrogen) atoms. The molecule has 0 atom stereocenters. The first kappa shape index (κ1) is 17.3. The molecule has 0 spiro atoms. The van der Waals surface area contributed by atoms with E-state index in [1.165, 1.54) is 6.20 Å². The fraction of sp³-hybridized carbons (Fsp3) is 0.316. The van der Waals surface area contributed by atoms with E-state index in [9.17, 15) is 9.18 Å². The van der Waals surface area contributed by atoms with E-state index in [0.29, 0.717) is 11.2 Å². The molecule has 2 aromatic heterocycles. The maximum atomic E-state index is 12.8. The van der Waals surface area contributed by atoms with Gasteiger partial charge < -0.3 is 10.1 Å². The number of para-hydroxylation sites is 2. The number of halogens is 1. The van der Waals surface area contributed by atoms with E-state index in [1.807, 2.05) is 24.3 Å². The van der Waals surface area contributed by atoms with Gasteiger partial charge in [0.2, 0.25) is 0 Å². The number of nitrogens with one attached hydrogen (secondary N) is 1. The first-order chi connectivity index (χ1) is 13.2. The van der Waals surface area contributed by atoms with Gasteiger partial charge in [-0.15, -0.1) is 0 Å². The molecule has 1 aliphatic rings. The smallest absolute Gasteiger partial charge is 0.316 e. The van der Waals surface area contributed by atoms with E-state index in [0.717, 1.165) is 43.6 Å². The summed E-state index contributed by atoms with van der Waals surface area (Å²) in [5.41, 5.74) is 1.77. The van der Waals surface area contributed by atoms with E-state index >= 15 is 0 Å². The van der Waals surface area contributed by atoms with Crippen LogP contribution in [0.2, 0.25) is 0 Å². The minimum Gasteiger partial charge on any atom is -0.460 e. The maximum Gasteiger partial charge on any atom is 0.316 e. The third-order valence-electron chi connectivity index (χ3n) is 4.56. The van der Waals surface area contributed by atoms with Crippen LogP contribution >= 0.6 is 0 Å². The number of carbonyl (C=O) groups is 1. The van der Waals surface area contributed by atoms with E-state index in [4.69, 9.17) is 4.74 Å². The number of carbonyl (C=O) groups excluding carboxylic acids is 1. The summed E-state index contributed by atoms with van der Waals surface area (Å²) in [4.78, 5) is 28.7. The molecule has 2 heterocycles. The number of fused-ring (bicyclic) bond motifs is 1. The number of ether oxygens (including phenoxy) is 1. The van der Waals surface area contributed by atoms with Gasteiger partial charge in [-0.1, -0.05) is 12.1 Å². The summed E-state index contributed by atoms with van der Waals surface area (Å²) in [5.74, 6) is -0.718. The van der Waals surface area contributed by atoms with Crippen molar-refractivity contribution in [2.45, 2.75) is 37.8 Å². The van der Waals surface area contributed by atoms with Crippen LogP contribution < -0.4 is 10.1 Å². The van der Waals surface area contributed by atoms with Crippen molar-refractivity contribution < 1.29 is 13.9 Å². The van der Waals surface area contributed by atoms with Gasteiger partial charge in [0.15, 0.2) is 5.82 Å². The van der Waals surface area contributed by atoms with Gasteiger partial charge in [0.25, 0.3) is 5.91 Å². The summed E-state index contributed by atoms with van der Waals surface area (Å²) in [6, 6.07) is 7.67. The summed E-state index contributed by atoms with van der Waals surface area (Å²) >= 11 is 0. The Morgan fingerprint density at radius 3 is 2.44 bits per heavy atom. The fourth-order valence-corrected chi connectivity index (χ4v) is 3.16. The average molecular weight is 367 g/mol. The molecule has 1 fully saturated rings. The third-order valence-corrected chi connectivity index (χ3v) is 4.56.